The molecule has 0 bridgehead atoms. The molecule has 0 fully saturated rings. The van der Waals surface area contributed by atoms with Crippen molar-refractivity contribution in [1.82, 2.24) is 4.98 Å². The van der Waals surface area contributed by atoms with Crippen LogP contribution < -0.4 is 16.8 Å². The van der Waals surface area contributed by atoms with Gasteiger partial charge in [0.15, 0.2) is 0 Å². The maximum Gasteiger partial charge on any atom is 0.433 e. The number of anilines is 1. The van der Waals surface area contributed by atoms with Crippen molar-refractivity contribution in [3.8, 4) is 0 Å². The molecule has 116 valence electrons. The topological polar surface area (TPSA) is 94.0 Å². The van der Waals surface area contributed by atoms with E-state index in [-0.39, 0.29) is 22.3 Å². The lowest BCUT2D eigenvalue weighted by Crippen LogP contribution is -2.40. The Morgan fingerprint density at radius 2 is 1.90 bits per heavy atom. The second-order valence-corrected chi connectivity index (χ2v) is 5.16. The van der Waals surface area contributed by atoms with E-state index >= 15 is 0 Å². The molecule has 1 aromatic rings. The summed E-state index contributed by atoms with van der Waals surface area (Å²) in [5, 5.41) is 2.59. The van der Waals surface area contributed by atoms with Gasteiger partial charge in [0.2, 0.25) is 5.91 Å². The zero-order valence-electron chi connectivity index (χ0n) is 11.4. The first-order chi connectivity index (χ1) is 9.54. The van der Waals surface area contributed by atoms with Gasteiger partial charge in [0, 0.05) is 0 Å². The quantitative estimate of drug-likeness (QED) is 0.717. The molecule has 1 aromatic heterocycles. The van der Waals surface area contributed by atoms with Crippen molar-refractivity contribution >= 4 is 28.9 Å². The minimum Gasteiger partial charge on any atom is -0.389 e. The van der Waals surface area contributed by atoms with Gasteiger partial charge in [-0.05, 0) is 18.1 Å². The molecular formula is C12H15F3N4OS. The summed E-state index contributed by atoms with van der Waals surface area (Å²) in [6.45, 7) is 3.38. The van der Waals surface area contributed by atoms with Gasteiger partial charge in [0.25, 0.3) is 0 Å². The fourth-order valence-electron chi connectivity index (χ4n) is 1.64. The van der Waals surface area contributed by atoms with E-state index in [9.17, 15) is 18.0 Å². The highest BCUT2D eigenvalue weighted by molar-refractivity contribution is 7.80. The molecule has 0 aliphatic heterocycles. The van der Waals surface area contributed by atoms with E-state index in [1.165, 1.54) is 0 Å². The predicted molar refractivity (Wildman–Crippen MR) is 76.6 cm³/mol. The van der Waals surface area contributed by atoms with Crippen molar-refractivity contribution in [2.45, 2.75) is 26.1 Å². The highest BCUT2D eigenvalue weighted by atomic mass is 32.1. The maximum atomic E-state index is 12.7. The van der Waals surface area contributed by atoms with Gasteiger partial charge in [0.1, 0.15) is 22.5 Å². The van der Waals surface area contributed by atoms with E-state index in [1.54, 1.807) is 13.8 Å². The van der Waals surface area contributed by atoms with Gasteiger partial charge in [-0.3, -0.25) is 4.79 Å². The lowest BCUT2D eigenvalue weighted by molar-refractivity contribution is -0.141. The number of nitrogens with two attached hydrogens (primary N) is 2. The number of aromatic nitrogens is 1. The first kappa shape index (κ1) is 17.2. The average Bonchev–Trinajstić information content (AvgIpc) is 2.33. The lowest BCUT2D eigenvalue weighted by atomic mass is 10.0. The molecule has 1 heterocycles. The van der Waals surface area contributed by atoms with Gasteiger partial charge in [-0.1, -0.05) is 26.1 Å². The number of thiocarbonyl (C=S) groups is 1. The average molecular weight is 320 g/mol. The number of alkyl halides is 3. The van der Waals surface area contributed by atoms with Crippen LogP contribution in [-0.2, 0) is 11.0 Å². The zero-order valence-corrected chi connectivity index (χ0v) is 12.2. The van der Waals surface area contributed by atoms with Crippen LogP contribution >= 0.6 is 12.2 Å². The van der Waals surface area contributed by atoms with Gasteiger partial charge in [-0.2, -0.15) is 13.2 Å². The van der Waals surface area contributed by atoms with E-state index in [0.29, 0.717) is 0 Å². The van der Waals surface area contributed by atoms with Crippen LogP contribution in [0.3, 0.4) is 0 Å². The highest BCUT2D eigenvalue weighted by Gasteiger charge is 2.33. The predicted octanol–water partition coefficient (Wildman–Crippen LogP) is 1.66. The van der Waals surface area contributed by atoms with Gasteiger partial charge < -0.3 is 16.8 Å². The fourth-order valence-corrected chi connectivity index (χ4v) is 1.80. The third-order valence-corrected chi connectivity index (χ3v) is 2.94. The van der Waals surface area contributed by atoms with Crippen LogP contribution in [0.15, 0.2) is 12.1 Å². The van der Waals surface area contributed by atoms with E-state index in [4.69, 9.17) is 23.7 Å². The number of primary amides is 1. The van der Waals surface area contributed by atoms with Gasteiger partial charge in [-0.15, -0.1) is 0 Å². The first-order valence-electron chi connectivity index (χ1n) is 5.98. The summed E-state index contributed by atoms with van der Waals surface area (Å²) in [5.41, 5.74) is 9.68. The Balaban J connectivity index is 3.30. The Labute approximate surface area is 124 Å². The zero-order chi connectivity index (χ0) is 16.4. The van der Waals surface area contributed by atoms with E-state index in [0.717, 1.165) is 12.1 Å². The number of carbonyl (C=O) groups is 1. The molecule has 0 aromatic carbocycles. The molecular weight excluding hydrogens is 305 g/mol. The molecule has 0 aliphatic carbocycles. The monoisotopic (exact) mass is 320 g/mol. The number of hydrogen-bond acceptors (Lipinski definition) is 4. The second-order valence-electron chi connectivity index (χ2n) is 4.72. The van der Waals surface area contributed by atoms with Crippen LogP contribution in [0.5, 0.6) is 0 Å². The third-order valence-electron chi connectivity index (χ3n) is 2.72. The van der Waals surface area contributed by atoms with Crippen molar-refractivity contribution in [2.24, 2.45) is 17.4 Å². The smallest absolute Gasteiger partial charge is 0.389 e. The number of hydrogen-bond donors (Lipinski definition) is 3. The summed E-state index contributed by atoms with van der Waals surface area (Å²) in [6, 6.07) is 0.988. The van der Waals surface area contributed by atoms with Gasteiger partial charge in [-0.25, -0.2) is 4.98 Å². The molecule has 0 spiro atoms. The standard InChI is InChI=1S/C12H15F3N4OS/c1-5(2)8(9(16)20)19-11-6(10(17)21)3-4-7(18-11)12(13,14)15/h3-5,8H,1-2H3,(H2,16,20)(H2,17,21)(H,18,19). The Kier molecular flexibility index (Phi) is 5.10. The molecule has 0 saturated heterocycles. The molecule has 1 amide bonds. The first-order valence-corrected chi connectivity index (χ1v) is 6.38. The molecule has 1 rings (SSSR count). The number of amides is 1. The number of nitrogens with zero attached hydrogens (tertiary/aromatic N) is 1. The van der Waals surface area contributed by atoms with Crippen LogP contribution in [0.1, 0.15) is 25.1 Å². The molecule has 21 heavy (non-hydrogen) atoms. The Bertz CT molecular complexity index is 560. The molecule has 0 saturated carbocycles. The van der Waals surface area contributed by atoms with Crippen molar-refractivity contribution in [3.05, 3.63) is 23.4 Å². The third kappa shape index (κ3) is 4.28. The SMILES string of the molecule is CC(C)C(Nc1nc(C(F)(F)F)ccc1C(N)=S)C(N)=O. The summed E-state index contributed by atoms with van der Waals surface area (Å²) in [5.74, 6) is -1.18. The van der Waals surface area contributed by atoms with Crippen LogP contribution in [0, 0.1) is 5.92 Å². The summed E-state index contributed by atoms with van der Waals surface area (Å²) in [6.07, 6.45) is -4.62. The molecule has 0 aliphatic rings. The van der Waals surface area contributed by atoms with E-state index in [2.05, 4.69) is 10.3 Å². The van der Waals surface area contributed by atoms with Crippen LogP contribution in [0.2, 0.25) is 0 Å². The Hall–Kier alpha value is -1.90. The van der Waals surface area contributed by atoms with Crippen molar-refractivity contribution in [1.29, 1.82) is 0 Å². The summed E-state index contributed by atoms with van der Waals surface area (Å²) in [7, 11) is 0. The molecule has 1 unspecified atom stereocenters. The normalized spacial score (nSPS) is 13.0. The number of nitrogens with one attached hydrogen (secondary N) is 1. The van der Waals surface area contributed by atoms with Crippen molar-refractivity contribution < 1.29 is 18.0 Å². The number of rotatable bonds is 5. The number of carbonyl (C=O) groups excluding carboxylic acids is 1. The minimum absolute atomic E-state index is 0.116. The Morgan fingerprint density at radius 1 is 1.33 bits per heavy atom. The lowest BCUT2D eigenvalue weighted by Gasteiger charge is -2.21. The van der Waals surface area contributed by atoms with Crippen molar-refractivity contribution in [3.63, 3.8) is 0 Å². The van der Waals surface area contributed by atoms with E-state index < -0.39 is 23.8 Å². The van der Waals surface area contributed by atoms with E-state index in [1.807, 2.05) is 0 Å². The fraction of sp³-hybridized carbons (Fsp3) is 0.417. The second kappa shape index (κ2) is 6.25. The molecule has 9 heteroatoms. The number of pyridine rings is 1. The maximum absolute atomic E-state index is 12.7. The van der Waals surface area contributed by atoms with Crippen LogP contribution in [-0.4, -0.2) is 21.9 Å². The molecule has 0 radical (unpaired) electrons. The Morgan fingerprint density at radius 3 is 2.29 bits per heavy atom. The van der Waals surface area contributed by atoms with Gasteiger partial charge >= 0.3 is 6.18 Å². The summed E-state index contributed by atoms with van der Waals surface area (Å²) < 4.78 is 38.1. The van der Waals surface area contributed by atoms with Crippen LogP contribution in [0.25, 0.3) is 0 Å². The molecule has 5 nitrogen and oxygen atoms in total. The van der Waals surface area contributed by atoms with Gasteiger partial charge in [0.05, 0.1) is 5.56 Å². The number of halogens is 3. The minimum atomic E-state index is -4.62. The highest BCUT2D eigenvalue weighted by Crippen LogP contribution is 2.30. The molecule has 1 atom stereocenters. The largest absolute Gasteiger partial charge is 0.433 e. The van der Waals surface area contributed by atoms with Crippen molar-refractivity contribution in [2.75, 3.05) is 5.32 Å². The summed E-state index contributed by atoms with van der Waals surface area (Å²) in [4.78, 5) is 14.7. The van der Waals surface area contributed by atoms with Crippen LogP contribution in [0.4, 0.5) is 19.0 Å². The summed E-state index contributed by atoms with van der Waals surface area (Å²) >= 11 is 4.77. The molecule has 5 N–H and O–H groups in total.